The van der Waals surface area contributed by atoms with Crippen LogP contribution in [0.5, 0.6) is 5.75 Å². The average Bonchev–Trinajstić information content (AvgIpc) is 2.21. The first-order valence-corrected chi connectivity index (χ1v) is 4.93. The molecule has 15 heavy (non-hydrogen) atoms. The topological polar surface area (TPSA) is 61.4 Å². The van der Waals surface area contributed by atoms with Crippen LogP contribution in [0.15, 0.2) is 24.3 Å². The van der Waals surface area contributed by atoms with E-state index in [1.807, 2.05) is 0 Å². The van der Waals surface area contributed by atoms with E-state index in [1.54, 1.807) is 25.1 Å². The fourth-order valence-electron chi connectivity index (χ4n) is 0.948. The predicted octanol–water partition coefficient (Wildman–Crippen LogP) is 1.62. The van der Waals surface area contributed by atoms with Crippen molar-refractivity contribution in [1.82, 2.24) is 5.32 Å². The zero-order valence-corrected chi connectivity index (χ0v) is 9.10. The molecule has 0 unspecified atom stereocenters. The van der Waals surface area contributed by atoms with Gasteiger partial charge in [-0.3, -0.25) is 4.79 Å². The fraction of sp³-hybridized carbons (Fsp3) is 0.200. The minimum atomic E-state index is -0.164. The summed E-state index contributed by atoms with van der Waals surface area (Å²) in [5, 5.41) is 14.8. The Kier molecular flexibility index (Phi) is 4.05. The summed E-state index contributed by atoms with van der Waals surface area (Å²) in [6, 6.07) is 6.66. The molecule has 1 amide bonds. The van der Waals surface area contributed by atoms with Crippen LogP contribution < -0.4 is 10.6 Å². The summed E-state index contributed by atoms with van der Waals surface area (Å²) >= 11 is 4.88. The van der Waals surface area contributed by atoms with E-state index in [-0.39, 0.29) is 16.8 Å². The molecule has 0 aliphatic carbocycles. The molecule has 3 N–H and O–H groups in total. The van der Waals surface area contributed by atoms with Crippen LogP contribution in [0.3, 0.4) is 0 Å². The van der Waals surface area contributed by atoms with Crippen LogP contribution in [0, 0.1) is 0 Å². The lowest BCUT2D eigenvalue weighted by atomic mass is 10.3. The van der Waals surface area contributed by atoms with E-state index in [9.17, 15) is 9.90 Å². The molecule has 1 aromatic rings. The highest BCUT2D eigenvalue weighted by molar-refractivity contribution is 7.80. The quantitative estimate of drug-likeness (QED) is 0.527. The number of amides is 1. The zero-order valence-electron chi connectivity index (χ0n) is 8.28. The van der Waals surface area contributed by atoms with Crippen LogP contribution in [0.2, 0.25) is 0 Å². The monoisotopic (exact) mass is 224 g/mol. The minimum absolute atomic E-state index is 0.0885. The summed E-state index contributed by atoms with van der Waals surface area (Å²) in [6.45, 7) is 1.73. The zero-order chi connectivity index (χ0) is 11.3. The highest BCUT2D eigenvalue weighted by Gasteiger charge is 2.04. The molecule has 0 saturated heterocycles. The van der Waals surface area contributed by atoms with Crippen molar-refractivity contribution in [3.63, 3.8) is 0 Å². The van der Waals surface area contributed by atoms with E-state index in [0.717, 1.165) is 0 Å². The van der Waals surface area contributed by atoms with Crippen LogP contribution in [-0.2, 0) is 4.79 Å². The molecule has 0 spiro atoms. The van der Waals surface area contributed by atoms with Crippen molar-refractivity contribution in [3.8, 4) is 5.75 Å². The van der Waals surface area contributed by atoms with Gasteiger partial charge < -0.3 is 15.7 Å². The molecule has 80 valence electrons. The number of anilines is 1. The number of thiocarbonyl (C=S) groups is 1. The Morgan fingerprint density at radius 1 is 1.47 bits per heavy atom. The van der Waals surface area contributed by atoms with Gasteiger partial charge in [-0.05, 0) is 24.4 Å². The summed E-state index contributed by atoms with van der Waals surface area (Å²) in [5.74, 6) is -0.0754. The first-order chi connectivity index (χ1) is 7.13. The maximum absolute atomic E-state index is 11.0. The van der Waals surface area contributed by atoms with Gasteiger partial charge in [-0.2, -0.15) is 0 Å². The maximum Gasteiger partial charge on any atom is 0.225 e. The smallest absolute Gasteiger partial charge is 0.225 e. The number of carbonyl (C=O) groups is 1. The first-order valence-electron chi connectivity index (χ1n) is 4.52. The highest BCUT2D eigenvalue weighted by atomic mass is 32.1. The van der Waals surface area contributed by atoms with Gasteiger partial charge in [0.1, 0.15) is 5.75 Å². The molecule has 5 heteroatoms. The average molecular weight is 224 g/mol. The molecule has 4 nitrogen and oxygen atoms in total. The molecule has 1 aromatic carbocycles. The number of carbonyl (C=O) groups excluding carboxylic acids is 1. The van der Waals surface area contributed by atoms with Crippen molar-refractivity contribution in [2.24, 2.45) is 0 Å². The standard InChI is InChI=1S/C10H12N2O2S/c1-2-9(14)12-10(15)11-7-5-3-4-6-8(7)13/h3-6,13H,2H2,1H3,(H2,11,12,14,15). The second-order valence-corrected chi connectivity index (χ2v) is 3.28. The van der Waals surface area contributed by atoms with Crippen LogP contribution in [-0.4, -0.2) is 16.1 Å². The first kappa shape index (κ1) is 11.5. The van der Waals surface area contributed by atoms with Crippen molar-refractivity contribution >= 4 is 28.9 Å². The molecule has 0 atom stereocenters. The van der Waals surface area contributed by atoms with Gasteiger partial charge in [0.15, 0.2) is 5.11 Å². The van der Waals surface area contributed by atoms with E-state index in [4.69, 9.17) is 12.2 Å². The van der Waals surface area contributed by atoms with Crippen LogP contribution >= 0.6 is 12.2 Å². The van der Waals surface area contributed by atoms with Gasteiger partial charge in [0, 0.05) is 6.42 Å². The summed E-state index contributed by atoms with van der Waals surface area (Å²) < 4.78 is 0. The van der Waals surface area contributed by atoms with E-state index in [0.29, 0.717) is 12.1 Å². The van der Waals surface area contributed by atoms with Gasteiger partial charge in [0.2, 0.25) is 5.91 Å². The number of phenols is 1. The van der Waals surface area contributed by atoms with Crippen LogP contribution in [0.1, 0.15) is 13.3 Å². The Morgan fingerprint density at radius 3 is 2.73 bits per heavy atom. The number of benzene rings is 1. The van der Waals surface area contributed by atoms with E-state index < -0.39 is 0 Å². The number of para-hydroxylation sites is 2. The van der Waals surface area contributed by atoms with E-state index in [2.05, 4.69) is 10.6 Å². The van der Waals surface area contributed by atoms with Crippen molar-refractivity contribution in [3.05, 3.63) is 24.3 Å². The Hall–Kier alpha value is -1.62. The Balaban J connectivity index is 2.59. The third kappa shape index (κ3) is 3.55. The van der Waals surface area contributed by atoms with Crippen LogP contribution in [0.4, 0.5) is 5.69 Å². The number of hydrogen-bond acceptors (Lipinski definition) is 3. The maximum atomic E-state index is 11.0. The molecule has 0 aliphatic rings. The summed E-state index contributed by atoms with van der Waals surface area (Å²) in [6.07, 6.45) is 0.364. The second-order valence-electron chi connectivity index (χ2n) is 2.87. The Bertz CT molecular complexity index is 379. The lowest BCUT2D eigenvalue weighted by Crippen LogP contribution is -2.33. The van der Waals surface area contributed by atoms with Crippen molar-refractivity contribution < 1.29 is 9.90 Å². The second kappa shape index (κ2) is 5.31. The molecule has 0 aliphatic heterocycles. The highest BCUT2D eigenvalue weighted by Crippen LogP contribution is 2.20. The van der Waals surface area contributed by atoms with Crippen molar-refractivity contribution in [2.75, 3.05) is 5.32 Å². The summed E-state index contributed by atoms with van der Waals surface area (Å²) in [4.78, 5) is 11.0. The molecule has 0 aromatic heterocycles. The molecule has 1 rings (SSSR count). The number of rotatable bonds is 2. The molecular weight excluding hydrogens is 212 g/mol. The number of aromatic hydroxyl groups is 1. The number of nitrogens with one attached hydrogen (secondary N) is 2. The SMILES string of the molecule is CCC(=O)NC(=S)Nc1ccccc1O. The van der Waals surface area contributed by atoms with Gasteiger partial charge >= 0.3 is 0 Å². The molecule has 0 saturated carbocycles. The van der Waals surface area contributed by atoms with Gasteiger partial charge in [0.05, 0.1) is 5.69 Å². The van der Waals surface area contributed by atoms with Gasteiger partial charge in [-0.15, -0.1) is 0 Å². The van der Waals surface area contributed by atoms with E-state index >= 15 is 0 Å². The Morgan fingerprint density at radius 2 is 2.13 bits per heavy atom. The van der Waals surface area contributed by atoms with Gasteiger partial charge in [-0.1, -0.05) is 19.1 Å². The van der Waals surface area contributed by atoms with Gasteiger partial charge in [0.25, 0.3) is 0 Å². The third-order valence-corrected chi connectivity index (χ3v) is 1.93. The summed E-state index contributed by atoms with van der Waals surface area (Å²) in [7, 11) is 0. The lowest BCUT2D eigenvalue weighted by molar-refractivity contribution is -0.119. The predicted molar refractivity (Wildman–Crippen MR) is 62.8 cm³/mol. The van der Waals surface area contributed by atoms with Gasteiger partial charge in [-0.25, -0.2) is 0 Å². The Labute approximate surface area is 93.3 Å². The molecule has 0 fully saturated rings. The fourth-order valence-corrected chi connectivity index (χ4v) is 1.17. The molecule has 0 heterocycles. The van der Waals surface area contributed by atoms with Crippen molar-refractivity contribution in [1.29, 1.82) is 0 Å². The lowest BCUT2D eigenvalue weighted by Gasteiger charge is -2.09. The molecule has 0 radical (unpaired) electrons. The van der Waals surface area contributed by atoms with Crippen LogP contribution in [0.25, 0.3) is 0 Å². The van der Waals surface area contributed by atoms with Crippen molar-refractivity contribution in [2.45, 2.75) is 13.3 Å². The third-order valence-electron chi connectivity index (χ3n) is 1.73. The van der Waals surface area contributed by atoms with E-state index in [1.165, 1.54) is 6.07 Å². The number of phenolic OH excluding ortho intramolecular Hbond substituents is 1. The number of hydrogen-bond donors (Lipinski definition) is 3. The summed E-state index contributed by atoms with van der Waals surface area (Å²) in [5.41, 5.74) is 0.471. The normalized spacial score (nSPS) is 9.40. The molecular formula is C10H12N2O2S. The minimum Gasteiger partial charge on any atom is -0.506 e. The molecule has 0 bridgehead atoms. The largest absolute Gasteiger partial charge is 0.506 e.